The number of rotatable bonds is 5. The zero-order chi connectivity index (χ0) is 22.0. The maximum absolute atomic E-state index is 13.9. The van der Waals surface area contributed by atoms with E-state index in [1.54, 1.807) is 0 Å². The summed E-state index contributed by atoms with van der Waals surface area (Å²) in [4.78, 5) is 13.3. The van der Waals surface area contributed by atoms with E-state index in [2.05, 4.69) is 14.9 Å². The third-order valence-corrected chi connectivity index (χ3v) is 7.25. The molecule has 8 nitrogen and oxygen atoms in total. The van der Waals surface area contributed by atoms with E-state index < -0.39 is 27.4 Å². The third-order valence-electron chi connectivity index (χ3n) is 5.42. The van der Waals surface area contributed by atoms with Gasteiger partial charge < -0.3 is 14.5 Å². The van der Waals surface area contributed by atoms with Crippen LogP contribution in [-0.4, -0.2) is 75.2 Å². The Bertz CT molecular complexity index is 1040. The van der Waals surface area contributed by atoms with Crippen LogP contribution in [0, 0.1) is 18.6 Å². The minimum absolute atomic E-state index is 0.167. The second kappa shape index (κ2) is 9.01. The number of sulfonamides is 1. The number of halogens is 2. The van der Waals surface area contributed by atoms with Crippen LogP contribution < -0.4 is 9.80 Å². The lowest BCUT2D eigenvalue weighted by molar-refractivity contribution is 0.122. The van der Waals surface area contributed by atoms with E-state index in [9.17, 15) is 17.2 Å². The standard InChI is InChI=1S/C20H25F2N5O3S/c1-15-12-19(25-8-10-30-11-9-25)24-20(23-15)26-4-6-27(7-5-26)31(28,29)14-16-13-17(21)2-3-18(16)22/h2-3,12-13H,4-11,14H2,1H3. The first-order chi connectivity index (χ1) is 14.8. The van der Waals surface area contributed by atoms with Gasteiger partial charge in [0, 0.05) is 56.6 Å². The molecule has 168 valence electrons. The number of hydrogen-bond donors (Lipinski definition) is 0. The van der Waals surface area contributed by atoms with Crippen molar-refractivity contribution >= 4 is 21.8 Å². The number of ether oxygens (including phenoxy) is 1. The molecule has 4 rings (SSSR count). The quantitative estimate of drug-likeness (QED) is 0.680. The number of anilines is 2. The van der Waals surface area contributed by atoms with Gasteiger partial charge in [-0.3, -0.25) is 0 Å². The first-order valence-corrected chi connectivity index (χ1v) is 11.8. The van der Waals surface area contributed by atoms with Gasteiger partial charge in [-0.25, -0.2) is 22.2 Å². The van der Waals surface area contributed by atoms with Crippen molar-refractivity contribution in [2.45, 2.75) is 12.7 Å². The molecule has 0 atom stereocenters. The van der Waals surface area contributed by atoms with E-state index >= 15 is 0 Å². The van der Waals surface area contributed by atoms with E-state index in [4.69, 9.17) is 4.74 Å². The van der Waals surface area contributed by atoms with E-state index in [0.717, 1.165) is 42.8 Å². The molecule has 0 bridgehead atoms. The fraction of sp³-hybridized carbons (Fsp3) is 0.500. The summed E-state index contributed by atoms with van der Waals surface area (Å²) in [6, 6.07) is 4.77. The predicted molar refractivity (Wildman–Crippen MR) is 113 cm³/mol. The number of hydrogen-bond acceptors (Lipinski definition) is 7. The maximum atomic E-state index is 13.9. The molecule has 2 aliphatic rings. The highest BCUT2D eigenvalue weighted by Crippen LogP contribution is 2.22. The van der Waals surface area contributed by atoms with Crippen molar-refractivity contribution in [2.24, 2.45) is 0 Å². The molecule has 2 aromatic rings. The van der Waals surface area contributed by atoms with Crippen molar-refractivity contribution in [1.29, 1.82) is 0 Å². The third kappa shape index (κ3) is 5.10. The average molecular weight is 454 g/mol. The summed E-state index contributed by atoms with van der Waals surface area (Å²) in [6.45, 7) is 6.02. The molecule has 3 heterocycles. The first kappa shape index (κ1) is 21.8. The number of piperazine rings is 1. The summed E-state index contributed by atoms with van der Waals surface area (Å²) in [5, 5.41) is 0. The Labute approximate surface area is 180 Å². The van der Waals surface area contributed by atoms with Gasteiger partial charge in [-0.2, -0.15) is 9.29 Å². The van der Waals surface area contributed by atoms with Gasteiger partial charge in [0.05, 0.1) is 19.0 Å². The Morgan fingerprint density at radius 3 is 2.39 bits per heavy atom. The zero-order valence-corrected chi connectivity index (χ0v) is 18.1. The summed E-state index contributed by atoms with van der Waals surface area (Å²) >= 11 is 0. The molecule has 2 fully saturated rings. The van der Waals surface area contributed by atoms with Gasteiger partial charge in [-0.1, -0.05) is 0 Å². The molecular weight excluding hydrogens is 428 g/mol. The fourth-order valence-electron chi connectivity index (χ4n) is 3.74. The van der Waals surface area contributed by atoms with Crippen LogP contribution in [-0.2, 0) is 20.5 Å². The Morgan fingerprint density at radius 2 is 1.68 bits per heavy atom. The molecule has 31 heavy (non-hydrogen) atoms. The lowest BCUT2D eigenvalue weighted by Gasteiger charge is -2.35. The van der Waals surface area contributed by atoms with Crippen molar-refractivity contribution in [1.82, 2.24) is 14.3 Å². The highest BCUT2D eigenvalue weighted by molar-refractivity contribution is 7.88. The van der Waals surface area contributed by atoms with Crippen molar-refractivity contribution in [3.8, 4) is 0 Å². The van der Waals surface area contributed by atoms with Gasteiger partial charge in [0.2, 0.25) is 16.0 Å². The Kier molecular flexibility index (Phi) is 6.35. The Morgan fingerprint density at radius 1 is 0.968 bits per heavy atom. The maximum Gasteiger partial charge on any atom is 0.227 e. The smallest absolute Gasteiger partial charge is 0.227 e. The minimum Gasteiger partial charge on any atom is -0.378 e. The Balaban J connectivity index is 1.43. The molecule has 2 aliphatic heterocycles. The largest absolute Gasteiger partial charge is 0.378 e. The number of benzene rings is 1. The van der Waals surface area contributed by atoms with E-state index in [1.807, 2.05) is 17.9 Å². The van der Waals surface area contributed by atoms with Gasteiger partial charge in [-0.05, 0) is 25.1 Å². The van der Waals surface area contributed by atoms with Crippen molar-refractivity contribution in [2.75, 3.05) is 62.3 Å². The van der Waals surface area contributed by atoms with Crippen molar-refractivity contribution in [3.05, 3.63) is 47.2 Å². The first-order valence-electron chi connectivity index (χ1n) is 10.2. The van der Waals surface area contributed by atoms with Gasteiger partial charge in [0.1, 0.15) is 17.5 Å². The van der Waals surface area contributed by atoms with Crippen LogP contribution in [0.15, 0.2) is 24.3 Å². The lowest BCUT2D eigenvalue weighted by atomic mass is 10.2. The van der Waals surface area contributed by atoms with Crippen LogP contribution in [0.2, 0.25) is 0 Å². The fourth-order valence-corrected chi connectivity index (χ4v) is 5.26. The molecule has 2 saturated heterocycles. The molecule has 11 heteroatoms. The molecule has 1 aromatic heterocycles. The predicted octanol–water partition coefficient (Wildman–Crippen LogP) is 1.55. The normalized spacial score (nSPS) is 18.4. The monoisotopic (exact) mass is 453 g/mol. The van der Waals surface area contributed by atoms with Crippen LogP contribution >= 0.6 is 0 Å². The van der Waals surface area contributed by atoms with E-state index in [-0.39, 0.29) is 18.7 Å². The van der Waals surface area contributed by atoms with E-state index in [1.165, 1.54) is 4.31 Å². The highest BCUT2D eigenvalue weighted by atomic mass is 32.2. The van der Waals surface area contributed by atoms with Gasteiger partial charge in [0.15, 0.2) is 0 Å². The average Bonchev–Trinajstić information content (AvgIpc) is 2.76. The van der Waals surface area contributed by atoms with E-state index in [0.29, 0.717) is 32.3 Å². The summed E-state index contributed by atoms with van der Waals surface area (Å²) in [7, 11) is -3.78. The summed E-state index contributed by atoms with van der Waals surface area (Å²) < 4.78 is 59.5. The number of aryl methyl sites for hydroxylation is 1. The second-order valence-corrected chi connectivity index (χ2v) is 9.61. The van der Waals surface area contributed by atoms with Gasteiger partial charge in [0.25, 0.3) is 0 Å². The summed E-state index contributed by atoms with van der Waals surface area (Å²) in [6.07, 6.45) is 0. The zero-order valence-electron chi connectivity index (χ0n) is 17.3. The minimum atomic E-state index is -3.78. The lowest BCUT2D eigenvalue weighted by Crippen LogP contribution is -2.49. The SMILES string of the molecule is Cc1cc(N2CCOCC2)nc(N2CCN(S(=O)(=O)Cc3cc(F)ccc3F)CC2)n1. The highest BCUT2D eigenvalue weighted by Gasteiger charge is 2.29. The molecule has 0 amide bonds. The van der Waals surface area contributed by atoms with Crippen molar-refractivity contribution < 1.29 is 21.9 Å². The molecular formula is C20H25F2N5O3S. The molecule has 0 aliphatic carbocycles. The van der Waals surface area contributed by atoms with Crippen LogP contribution in [0.3, 0.4) is 0 Å². The number of nitrogens with zero attached hydrogens (tertiary/aromatic N) is 5. The summed E-state index contributed by atoms with van der Waals surface area (Å²) in [5.41, 5.74) is 0.669. The molecule has 1 aromatic carbocycles. The molecule has 0 N–H and O–H groups in total. The summed E-state index contributed by atoms with van der Waals surface area (Å²) in [5.74, 6) is -0.563. The Hall–Kier alpha value is -2.37. The molecule has 0 spiro atoms. The topological polar surface area (TPSA) is 78.9 Å². The molecule has 0 saturated carbocycles. The molecule has 0 radical (unpaired) electrons. The number of morpholine rings is 1. The second-order valence-electron chi connectivity index (χ2n) is 7.64. The van der Waals surface area contributed by atoms with Gasteiger partial charge in [-0.15, -0.1) is 0 Å². The van der Waals surface area contributed by atoms with Crippen LogP contribution in [0.1, 0.15) is 11.3 Å². The van der Waals surface area contributed by atoms with Crippen LogP contribution in [0.25, 0.3) is 0 Å². The van der Waals surface area contributed by atoms with Crippen LogP contribution in [0.5, 0.6) is 0 Å². The van der Waals surface area contributed by atoms with Gasteiger partial charge >= 0.3 is 0 Å². The number of aromatic nitrogens is 2. The van der Waals surface area contributed by atoms with Crippen LogP contribution in [0.4, 0.5) is 20.5 Å². The van der Waals surface area contributed by atoms with Crippen molar-refractivity contribution in [3.63, 3.8) is 0 Å². The molecule has 0 unspecified atom stereocenters.